The normalized spacial score (nSPS) is 10.8. The van der Waals surface area contributed by atoms with Gasteiger partial charge in [0.1, 0.15) is 0 Å². The van der Waals surface area contributed by atoms with Gasteiger partial charge in [0.2, 0.25) is 5.91 Å². The quantitative estimate of drug-likeness (QED) is 0.439. The molecule has 0 aliphatic rings. The molecule has 3 aromatic rings. The van der Waals surface area contributed by atoms with Crippen molar-refractivity contribution in [3.63, 3.8) is 0 Å². The van der Waals surface area contributed by atoms with Gasteiger partial charge in [-0.2, -0.15) is 5.26 Å². The van der Waals surface area contributed by atoms with Gasteiger partial charge in [-0.05, 0) is 41.8 Å². The number of aromatic nitrogens is 3. The monoisotopic (exact) mass is 453 g/mol. The lowest BCUT2D eigenvalue weighted by Crippen LogP contribution is -2.29. The molecule has 3 rings (SSSR count). The first-order chi connectivity index (χ1) is 14.9. The van der Waals surface area contributed by atoms with E-state index in [-0.39, 0.29) is 11.7 Å². The van der Waals surface area contributed by atoms with E-state index in [0.717, 1.165) is 16.8 Å². The van der Waals surface area contributed by atoms with E-state index in [2.05, 4.69) is 36.2 Å². The van der Waals surface area contributed by atoms with E-state index in [1.807, 2.05) is 47.0 Å². The fourth-order valence-corrected chi connectivity index (χ4v) is 4.14. The summed E-state index contributed by atoms with van der Waals surface area (Å²) in [4.78, 5) is 14.1. The van der Waals surface area contributed by atoms with Crippen LogP contribution in [0.4, 0.5) is 0 Å². The maximum atomic E-state index is 12.5. The number of carbonyl (C=O) groups excluding carboxylic acids is 1. The standard InChI is InChI=1S/C23H24ClN5OS/c1-16(2)19-7-4-5-8-20(19)29-22(17-9-11-18(24)12-10-17)26-27-23(29)31-15-21(30)28(3)14-6-13-25/h4-5,7-12,16H,6,14-15H2,1-3H3. The van der Waals surface area contributed by atoms with Crippen molar-refractivity contribution in [1.82, 2.24) is 19.7 Å². The van der Waals surface area contributed by atoms with Crippen LogP contribution in [0.15, 0.2) is 53.7 Å². The SMILES string of the molecule is CC(C)c1ccccc1-n1c(SCC(=O)N(C)CCC#N)nnc1-c1ccc(Cl)cc1. The van der Waals surface area contributed by atoms with Gasteiger partial charge < -0.3 is 4.90 Å². The summed E-state index contributed by atoms with van der Waals surface area (Å²) in [6.45, 7) is 4.70. The van der Waals surface area contributed by atoms with Crippen molar-refractivity contribution in [2.24, 2.45) is 0 Å². The summed E-state index contributed by atoms with van der Waals surface area (Å²) in [7, 11) is 1.71. The van der Waals surface area contributed by atoms with Gasteiger partial charge in [0.25, 0.3) is 0 Å². The van der Waals surface area contributed by atoms with Crippen molar-refractivity contribution in [2.75, 3.05) is 19.3 Å². The first-order valence-electron chi connectivity index (χ1n) is 9.96. The molecule has 0 atom stereocenters. The van der Waals surface area contributed by atoms with Crippen LogP contribution >= 0.6 is 23.4 Å². The fourth-order valence-electron chi connectivity index (χ4n) is 3.12. The van der Waals surface area contributed by atoms with Crippen molar-refractivity contribution in [3.8, 4) is 23.1 Å². The molecule has 0 saturated carbocycles. The number of nitriles is 1. The third-order valence-electron chi connectivity index (χ3n) is 4.84. The minimum atomic E-state index is -0.0556. The molecule has 2 aromatic carbocycles. The third kappa shape index (κ3) is 5.46. The topological polar surface area (TPSA) is 74.8 Å². The maximum Gasteiger partial charge on any atom is 0.232 e. The highest BCUT2D eigenvalue weighted by molar-refractivity contribution is 7.99. The zero-order valence-corrected chi connectivity index (χ0v) is 19.3. The summed E-state index contributed by atoms with van der Waals surface area (Å²) in [5, 5.41) is 18.9. The van der Waals surface area contributed by atoms with Crippen LogP contribution in [0, 0.1) is 11.3 Å². The molecular weight excluding hydrogens is 430 g/mol. The molecule has 1 aromatic heterocycles. The Bertz CT molecular complexity index is 1090. The van der Waals surface area contributed by atoms with Crippen LogP contribution in [-0.2, 0) is 4.79 Å². The van der Waals surface area contributed by atoms with Crippen LogP contribution in [0.25, 0.3) is 17.1 Å². The summed E-state index contributed by atoms with van der Waals surface area (Å²) >= 11 is 7.41. The van der Waals surface area contributed by atoms with Crippen molar-refractivity contribution in [2.45, 2.75) is 31.3 Å². The number of hydrogen-bond acceptors (Lipinski definition) is 5. The predicted molar refractivity (Wildman–Crippen MR) is 124 cm³/mol. The van der Waals surface area contributed by atoms with Crippen molar-refractivity contribution < 1.29 is 4.79 Å². The lowest BCUT2D eigenvalue weighted by atomic mass is 10.0. The van der Waals surface area contributed by atoms with E-state index in [4.69, 9.17) is 16.9 Å². The molecule has 0 aliphatic heterocycles. The second-order valence-corrected chi connectivity index (χ2v) is 8.75. The number of rotatable bonds is 8. The minimum Gasteiger partial charge on any atom is -0.344 e. The molecule has 1 amide bonds. The van der Waals surface area contributed by atoms with Gasteiger partial charge in [-0.3, -0.25) is 9.36 Å². The van der Waals surface area contributed by atoms with Gasteiger partial charge in [-0.1, -0.05) is 55.4 Å². The van der Waals surface area contributed by atoms with Gasteiger partial charge in [-0.15, -0.1) is 10.2 Å². The summed E-state index contributed by atoms with van der Waals surface area (Å²) < 4.78 is 2.01. The Labute approximate surface area is 191 Å². The Hall–Kier alpha value is -2.82. The average Bonchev–Trinajstić information content (AvgIpc) is 3.19. The van der Waals surface area contributed by atoms with Crippen molar-refractivity contribution >= 4 is 29.3 Å². The highest BCUT2D eigenvalue weighted by atomic mass is 35.5. The molecule has 0 bridgehead atoms. The second-order valence-electron chi connectivity index (χ2n) is 7.37. The summed E-state index contributed by atoms with van der Waals surface area (Å²) in [5.41, 5.74) is 3.04. The molecule has 0 N–H and O–H groups in total. The molecule has 0 unspecified atom stereocenters. The zero-order chi connectivity index (χ0) is 22.4. The maximum absolute atomic E-state index is 12.5. The van der Waals surface area contributed by atoms with Crippen LogP contribution in [-0.4, -0.2) is 44.9 Å². The number of hydrogen-bond donors (Lipinski definition) is 0. The number of para-hydroxylation sites is 1. The van der Waals surface area contributed by atoms with Gasteiger partial charge >= 0.3 is 0 Å². The molecule has 6 nitrogen and oxygen atoms in total. The Morgan fingerprint density at radius 1 is 1.19 bits per heavy atom. The number of nitrogens with zero attached hydrogens (tertiary/aromatic N) is 5. The smallest absolute Gasteiger partial charge is 0.232 e. The summed E-state index contributed by atoms with van der Waals surface area (Å²) in [5.74, 6) is 1.15. The first kappa shape index (κ1) is 22.9. The summed E-state index contributed by atoms with van der Waals surface area (Å²) in [6.07, 6.45) is 0.311. The van der Waals surface area contributed by atoms with E-state index >= 15 is 0 Å². The Balaban J connectivity index is 2.00. The highest BCUT2D eigenvalue weighted by Crippen LogP contribution is 2.32. The van der Waals surface area contributed by atoms with Crippen molar-refractivity contribution in [1.29, 1.82) is 5.26 Å². The number of halogens is 1. The number of benzene rings is 2. The van der Waals surface area contributed by atoms with Crippen LogP contribution < -0.4 is 0 Å². The molecule has 0 saturated heterocycles. The Morgan fingerprint density at radius 3 is 2.58 bits per heavy atom. The minimum absolute atomic E-state index is 0.0556. The van der Waals surface area contributed by atoms with Crippen LogP contribution in [0.3, 0.4) is 0 Å². The predicted octanol–water partition coefficient (Wildman–Crippen LogP) is 5.18. The first-order valence-corrected chi connectivity index (χ1v) is 11.3. The third-order valence-corrected chi connectivity index (χ3v) is 6.01. The average molecular weight is 454 g/mol. The molecule has 0 fully saturated rings. The molecule has 0 aliphatic carbocycles. The molecular formula is C23H24ClN5OS. The summed E-state index contributed by atoms with van der Waals surface area (Å²) in [6, 6.07) is 17.7. The van der Waals surface area contributed by atoms with Gasteiger partial charge in [0.05, 0.1) is 23.9 Å². The molecule has 0 radical (unpaired) electrons. The molecule has 1 heterocycles. The van der Waals surface area contributed by atoms with E-state index < -0.39 is 0 Å². The van der Waals surface area contributed by atoms with Gasteiger partial charge in [-0.25, -0.2) is 0 Å². The zero-order valence-electron chi connectivity index (χ0n) is 17.7. The molecule has 31 heavy (non-hydrogen) atoms. The Morgan fingerprint density at radius 2 is 1.90 bits per heavy atom. The van der Waals surface area contributed by atoms with Gasteiger partial charge in [0, 0.05) is 24.2 Å². The lowest BCUT2D eigenvalue weighted by Gasteiger charge is -2.18. The number of thioether (sulfide) groups is 1. The molecule has 160 valence electrons. The highest BCUT2D eigenvalue weighted by Gasteiger charge is 2.20. The van der Waals surface area contributed by atoms with Gasteiger partial charge in [0.15, 0.2) is 11.0 Å². The number of amides is 1. The van der Waals surface area contributed by atoms with E-state index in [0.29, 0.717) is 34.9 Å². The van der Waals surface area contributed by atoms with Crippen LogP contribution in [0.1, 0.15) is 31.7 Å². The lowest BCUT2D eigenvalue weighted by molar-refractivity contribution is -0.127. The largest absolute Gasteiger partial charge is 0.344 e. The molecule has 0 spiro atoms. The van der Waals surface area contributed by atoms with Crippen LogP contribution in [0.2, 0.25) is 5.02 Å². The second kappa shape index (κ2) is 10.5. The van der Waals surface area contributed by atoms with E-state index in [1.165, 1.54) is 11.8 Å². The van der Waals surface area contributed by atoms with E-state index in [1.54, 1.807) is 11.9 Å². The Kier molecular flexibility index (Phi) is 7.72. The number of carbonyl (C=O) groups is 1. The van der Waals surface area contributed by atoms with Crippen LogP contribution in [0.5, 0.6) is 0 Å². The van der Waals surface area contributed by atoms with Crippen molar-refractivity contribution in [3.05, 3.63) is 59.1 Å². The fraction of sp³-hybridized carbons (Fsp3) is 0.304. The molecule has 8 heteroatoms. The van der Waals surface area contributed by atoms with E-state index in [9.17, 15) is 4.79 Å².